The molecule has 1 rings (SSSR count). The van der Waals surface area contributed by atoms with E-state index >= 15 is 0 Å². The number of aromatic amines is 1. The lowest BCUT2D eigenvalue weighted by atomic mass is 9.98. The van der Waals surface area contributed by atoms with Gasteiger partial charge in [0.25, 0.3) is 0 Å². The summed E-state index contributed by atoms with van der Waals surface area (Å²) < 4.78 is 4.71. The fourth-order valence-electron chi connectivity index (χ4n) is 2.36. The van der Waals surface area contributed by atoms with Crippen molar-refractivity contribution in [3.8, 4) is 0 Å². The molecule has 0 saturated heterocycles. The van der Waals surface area contributed by atoms with Gasteiger partial charge in [0.05, 0.1) is 13.2 Å². The van der Waals surface area contributed by atoms with Crippen molar-refractivity contribution in [2.24, 2.45) is 0 Å². The average molecular weight is 280 g/mol. The number of hydrogen-bond acceptors (Lipinski definition) is 4. The van der Waals surface area contributed by atoms with Gasteiger partial charge in [0, 0.05) is 16.8 Å². The topological polar surface area (TPSA) is 71.2 Å². The predicted molar refractivity (Wildman–Crippen MR) is 78.3 cm³/mol. The molecule has 0 aliphatic carbocycles. The Morgan fingerprint density at radius 1 is 1.25 bits per heavy atom. The van der Waals surface area contributed by atoms with Gasteiger partial charge >= 0.3 is 5.97 Å². The van der Waals surface area contributed by atoms with Gasteiger partial charge in [-0.1, -0.05) is 0 Å². The van der Waals surface area contributed by atoms with Crippen LogP contribution in [0.5, 0.6) is 0 Å². The van der Waals surface area contributed by atoms with Crippen molar-refractivity contribution < 1.29 is 14.3 Å². The zero-order chi connectivity index (χ0) is 15.7. The van der Waals surface area contributed by atoms with Crippen molar-refractivity contribution in [3.05, 3.63) is 22.5 Å². The first kappa shape index (κ1) is 16.4. The third-order valence-corrected chi connectivity index (χ3v) is 3.12. The van der Waals surface area contributed by atoms with Crippen molar-refractivity contribution in [2.45, 2.75) is 53.1 Å². The number of nitrogens with one attached hydrogen (secondary N) is 2. The van der Waals surface area contributed by atoms with Crippen LogP contribution < -0.4 is 5.32 Å². The Morgan fingerprint density at radius 2 is 1.80 bits per heavy atom. The molecule has 0 amide bonds. The monoisotopic (exact) mass is 280 g/mol. The van der Waals surface area contributed by atoms with E-state index in [9.17, 15) is 9.59 Å². The Bertz CT molecular complexity index is 524. The van der Waals surface area contributed by atoms with Gasteiger partial charge in [-0.25, -0.2) is 4.79 Å². The van der Waals surface area contributed by atoms with E-state index in [0.717, 1.165) is 0 Å². The number of Topliss-reactive ketones (excluding diaryl/α,β-unsaturated/α-hetero) is 1. The molecule has 0 aliphatic heterocycles. The molecular weight excluding hydrogens is 256 g/mol. The van der Waals surface area contributed by atoms with E-state index < -0.39 is 5.97 Å². The smallest absolute Gasteiger partial charge is 0.354 e. The Labute approximate surface area is 120 Å². The van der Waals surface area contributed by atoms with Gasteiger partial charge in [-0.05, 0) is 47.1 Å². The number of carbonyl (C=O) groups excluding carboxylic acids is 2. The van der Waals surface area contributed by atoms with Crippen LogP contribution in [-0.2, 0) is 4.74 Å². The van der Waals surface area contributed by atoms with E-state index in [0.29, 0.717) is 22.5 Å². The van der Waals surface area contributed by atoms with Crippen LogP contribution in [0.4, 0.5) is 0 Å². The third kappa shape index (κ3) is 3.48. The van der Waals surface area contributed by atoms with Gasteiger partial charge in [0.15, 0.2) is 5.78 Å². The molecule has 5 nitrogen and oxygen atoms in total. The van der Waals surface area contributed by atoms with Crippen LogP contribution in [-0.4, -0.2) is 35.4 Å². The fourth-order valence-corrected chi connectivity index (χ4v) is 2.36. The van der Waals surface area contributed by atoms with Gasteiger partial charge in [-0.15, -0.1) is 0 Å². The molecule has 112 valence electrons. The molecule has 1 aromatic heterocycles. The molecule has 5 heteroatoms. The third-order valence-electron chi connectivity index (χ3n) is 3.12. The molecule has 1 aromatic rings. The average Bonchev–Trinajstić information content (AvgIpc) is 2.61. The molecule has 1 heterocycles. The molecule has 0 aromatic carbocycles. The maximum Gasteiger partial charge on any atom is 0.354 e. The second-order valence-corrected chi connectivity index (χ2v) is 6.10. The molecule has 0 aliphatic rings. The summed E-state index contributed by atoms with van der Waals surface area (Å²) in [7, 11) is 1.32. The van der Waals surface area contributed by atoms with Gasteiger partial charge in [0.1, 0.15) is 5.69 Å². The predicted octanol–water partition coefficient (Wildman–Crippen LogP) is 2.38. The summed E-state index contributed by atoms with van der Waals surface area (Å²) in [4.78, 5) is 27.1. The molecule has 0 saturated carbocycles. The minimum absolute atomic E-state index is 0.0265. The SMILES string of the molecule is COC(=O)c1[nH]c(C)c(C(=O)C(C)NC(C)(C)C)c1C. The van der Waals surface area contributed by atoms with Gasteiger partial charge < -0.3 is 15.0 Å². The van der Waals surface area contributed by atoms with Crippen LogP contribution in [0.25, 0.3) is 0 Å². The summed E-state index contributed by atoms with van der Waals surface area (Å²) >= 11 is 0. The van der Waals surface area contributed by atoms with Gasteiger partial charge in [0.2, 0.25) is 0 Å². The molecule has 0 bridgehead atoms. The van der Waals surface area contributed by atoms with Crippen LogP contribution >= 0.6 is 0 Å². The van der Waals surface area contributed by atoms with E-state index in [2.05, 4.69) is 10.3 Å². The number of carbonyl (C=O) groups is 2. The highest BCUT2D eigenvalue weighted by molar-refractivity contribution is 6.05. The number of methoxy groups -OCH3 is 1. The Morgan fingerprint density at radius 3 is 2.25 bits per heavy atom. The first-order chi connectivity index (χ1) is 9.08. The lowest BCUT2D eigenvalue weighted by molar-refractivity contribution is 0.0594. The van der Waals surface area contributed by atoms with Crippen LogP contribution in [0.1, 0.15) is 59.8 Å². The lowest BCUT2D eigenvalue weighted by Gasteiger charge is -2.25. The Balaban J connectivity index is 3.11. The minimum atomic E-state index is -0.457. The Kier molecular flexibility index (Phi) is 4.76. The number of aryl methyl sites for hydroxylation is 1. The summed E-state index contributed by atoms with van der Waals surface area (Å²) in [5, 5.41) is 3.24. The maximum absolute atomic E-state index is 12.6. The second-order valence-electron chi connectivity index (χ2n) is 6.10. The van der Waals surface area contributed by atoms with E-state index in [1.807, 2.05) is 27.7 Å². The number of hydrogen-bond donors (Lipinski definition) is 2. The van der Waals surface area contributed by atoms with E-state index in [4.69, 9.17) is 4.74 Å². The normalized spacial score (nSPS) is 13.2. The van der Waals surface area contributed by atoms with Gasteiger partial charge in [-0.3, -0.25) is 4.79 Å². The highest BCUT2D eigenvalue weighted by Crippen LogP contribution is 2.21. The lowest BCUT2D eigenvalue weighted by Crippen LogP contribution is -2.46. The van der Waals surface area contributed by atoms with Gasteiger partial charge in [-0.2, -0.15) is 0 Å². The summed E-state index contributed by atoms with van der Waals surface area (Å²) in [6.45, 7) is 11.4. The molecule has 0 spiro atoms. The van der Waals surface area contributed by atoms with Crippen LogP contribution in [0, 0.1) is 13.8 Å². The number of H-pyrrole nitrogens is 1. The first-order valence-corrected chi connectivity index (χ1v) is 6.68. The van der Waals surface area contributed by atoms with E-state index in [1.54, 1.807) is 13.8 Å². The molecule has 0 radical (unpaired) electrons. The minimum Gasteiger partial charge on any atom is -0.464 e. The van der Waals surface area contributed by atoms with Crippen molar-refractivity contribution in [1.82, 2.24) is 10.3 Å². The summed E-state index contributed by atoms with van der Waals surface area (Å²) in [6.07, 6.45) is 0. The summed E-state index contributed by atoms with van der Waals surface area (Å²) in [5.74, 6) is -0.484. The largest absolute Gasteiger partial charge is 0.464 e. The summed E-state index contributed by atoms with van der Waals surface area (Å²) in [5.41, 5.74) is 2.08. The fraction of sp³-hybridized carbons (Fsp3) is 0.600. The van der Waals surface area contributed by atoms with Crippen LogP contribution in [0.15, 0.2) is 0 Å². The second kappa shape index (κ2) is 5.79. The first-order valence-electron chi connectivity index (χ1n) is 6.68. The number of ketones is 1. The van der Waals surface area contributed by atoms with Crippen LogP contribution in [0.3, 0.4) is 0 Å². The summed E-state index contributed by atoms with van der Waals surface area (Å²) in [6, 6.07) is -0.325. The number of ether oxygens (including phenoxy) is 1. The molecule has 2 N–H and O–H groups in total. The number of aromatic nitrogens is 1. The molecule has 1 unspecified atom stereocenters. The zero-order valence-electron chi connectivity index (χ0n) is 13.3. The molecular formula is C15H24N2O3. The highest BCUT2D eigenvalue weighted by Gasteiger charge is 2.27. The van der Waals surface area contributed by atoms with Crippen molar-refractivity contribution in [2.75, 3.05) is 7.11 Å². The standard InChI is InChI=1S/C15H24N2O3/c1-8-11(9(2)16-12(8)14(19)20-7)13(18)10(3)17-15(4,5)6/h10,16-17H,1-7H3. The van der Waals surface area contributed by atoms with Crippen LogP contribution in [0.2, 0.25) is 0 Å². The number of rotatable bonds is 4. The number of esters is 1. The maximum atomic E-state index is 12.6. The van der Waals surface area contributed by atoms with Crippen molar-refractivity contribution in [1.29, 1.82) is 0 Å². The highest BCUT2D eigenvalue weighted by atomic mass is 16.5. The quantitative estimate of drug-likeness (QED) is 0.656. The Hall–Kier alpha value is -1.62. The van der Waals surface area contributed by atoms with Crippen molar-refractivity contribution >= 4 is 11.8 Å². The zero-order valence-corrected chi connectivity index (χ0v) is 13.3. The van der Waals surface area contributed by atoms with E-state index in [1.165, 1.54) is 7.11 Å². The molecule has 0 fully saturated rings. The van der Waals surface area contributed by atoms with Crippen molar-refractivity contribution in [3.63, 3.8) is 0 Å². The molecule has 1 atom stereocenters. The molecule has 20 heavy (non-hydrogen) atoms. The van der Waals surface area contributed by atoms with E-state index in [-0.39, 0.29) is 17.4 Å².